The maximum atomic E-state index is 4.59. The van der Waals surface area contributed by atoms with E-state index in [0.717, 1.165) is 13.1 Å². The minimum absolute atomic E-state index is 0.577. The number of hydrogen-bond acceptors (Lipinski definition) is 3. The first-order valence-corrected chi connectivity index (χ1v) is 3.71. The van der Waals surface area contributed by atoms with Gasteiger partial charge >= 0.3 is 0 Å². The summed E-state index contributed by atoms with van der Waals surface area (Å²) in [5.41, 5.74) is 0. The first-order chi connectivity index (χ1) is 4.93. The van der Waals surface area contributed by atoms with Crippen LogP contribution in [0.4, 0.5) is 0 Å². The van der Waals surface area contributed by atoms with Gasteiger partial charge in [-0.3, -0.25) is 0 Å². The van der Waals surface area contributed by atoms with Gasteiger partial charge in [0.05, 0.1) is 0 Å². The van der Waals surface area contributed by atoms with Gasteiger partial charge in [0.1, 0.15) is 7.11 Å². The molecule has 0 aromatic carbocycles. The van der Waals surface area contributed by atoms with E-state index in [1.807, 2.05) is 6.21 Å². The second-order valence-corrected chi connectivity index (χ2v) is 2.54. The number of hydrogen-bond donors (Lipinski definition) is 1. The molecule has 1 N–H and O–H groups in total. The fourth-order valence-electron chi connectivity index (χ4n) is 1.15. The molecular formula is C7H14N2O. The van der Waals surface area contributed by atoms with Crippen LogP contribution >= 0.6 is 0 Å². The van der Waals surface area contributed by atoms with Gasteiger partial charge in [-0.2, -0.15) is 0 Å². The van der Waals surface area contributed by atoms with Crippen LogP contribution in [0.2, 0.25) is 0 Å². The van der Waals surface area contributed by atoms with E-state index in [1.54, 1.807) is 7.11 Å². The summed E-state index contributed by atoms with van der Waals surface area (Å²) in [7, 11) is 1.58. The van der Waals surface area contributed by atoms with Crippen molar-refractivity contribution in [1.82, 2.24) is 5.32 Å². The Morgan fingerprint density at radius 3 is 3.20 bits per heavy atom. The van der Waals surface area contributed by atoms with Crippen molar-refractivity contribution in [3.63, 3.8) is 0 Å². The van der Waals surface area contributed by atoms with E-state index in [-0.39, 0.29) is 0 Å². The Labute approximate surface area is 61.4 Å². The number of rotatable bonds is 2. The topological polar surface area (TPSA) is 33.6 Å². The van der Waals surface area contributed by atoms with Crippen LogP contribution in [0.3, 0.4) is 0 Å². The van der Waals surface area contributed by atoms with Crippen LogP contribution in [0.25, 0.3) is 0 Å². The standard InChI is InChI=1S/C7H14N2O/c1-10-9-6-7-3-2-4-8-5-7/h6-8H,2-5H2,1H3. The average Bonchev–Trinajstić information content (AvgIpc) is 2.03. The third-order valence-corrected chi connectivity index (χ3v) is 1.71. The van der Waals surface area contributed by atoms with Crippen LogP contribution in [-0.4, -0.2) is 26.4 Å². The molecule has 1 fully saturated rings. The molecule has 0 radical (unpaired) electrons. The maximum Gasteiger partial charge on any atom is 0.106 e. The Bertz CT molecular complexity index is 108. The highest BCUT2D eigenvalue weighted by Gasteiger charge is 2.09. The molecule has 0 saturated carbocycles. The molecule has 0 bridgehead atoms. The molecule has 1 rings (SSSR count). The molecule has 0 aromatic rings. The highest BCUT2D eigenvalue weighted by Crippen LogP contribution is 2.06. The Morgan fingerprint density at radius 2 is 2.60 bits per heavy atom. The number of piperidine rings is 1. The predicted molar refractivity (Wildman–Crippen MR) is 41.1 cm³/mol. The first-order valence-electron chi connectivity index (χ1n) is 3.71. The van der Waals surface area contributed by atoms with Gasteiger partial charge < -0.3 is 10.2 Å². The van der Waals surface area contributed by atoms with Gasteiger partial charge in [0.25, 0.3) is 0 Å². The van der Waals surface area contributed by atoms with E-state index in [2.05, 4.69) is 15.3 Å². The minimum Gasteiger partial charge on any atom is -0.399 e. The van der Waals surface area contributed by atoms with Gasteiger partial charge in [-0.15, -0.1) is 0 Å². The zero-order valence-electron chi connectivity index (χ0n) is 6.34. The molecule has 0 aromatic heterocycles. The molecule has 0 spiro atoms. The summed E-state index contributed by atoms with van der Waals surface area (Å²) in [6, 6.07) is 0. The lowest BCUT2D eigenvalue weighted by Gasteiger charge is -2.17. The van der Waals surface area contributed by atoms with Gasteiger partial charge in [0.15, 0.2) is 0 Å². The van der Waals surface area contributed by atoms with E-state index >= 15 is 0 Å². The second kappa shape index (κ2) is 4.28. The SMILES string of the molecule is CON=CC1CCCNC1. The van der Waals surface area contributed by atoms with Crippen molar-refractivity contribution in [2.45, 2.75) is 12.8 Å². The number of oxime groups is 1. The van der Waals surface area contributed by atoms with E-state index in [9.17, 15) is 0 Å². The van der Waals surface area contributed by atoms with E-state index in [1.165, 1.54) is 12.8 Å². The highest BCUT2D eigenvalue weighted by atomic mass is 16.6. The van der Waals surface area contributed by atoms with Crippen LogP contribution in [0.5, 0.6) is 0 Å². The lowest BCUT2D eigenvalue weighted by atomic mass is 10.0. The van der Waals surface area contributed by atoms with Gasteiger partial charge in [-0.25, -0.2) is 0 Å². The number of nitrogens with one attached hydrogen (secondary N) is 1. The van der Waals surface area contributed by atoms with Crippen molar-refractivity contribution in [2.24, 2.45) is 11.1 Å². The first kappa shape index (κ1) is 7.54. The molecule has 1 aliphatic rings. The smallest absolute Gasteiger partial charge is 0.106 e. The Hall–Kier alpha value is -0.570. The van der Waals surface area contributed by atoms with Crippen molar-refractivity contribution < 1.29 is 4.84 Å². The summed E-state index contributed by atoms with van der Waals surface area (Å²) in [6.07, 6.45) is 4.37. The summed E-state index contributed by atoms with van der Waals surface area (Å²) >= 11 is 0. The fraction of sp³-hybridized carbons (Fsp3) is 0.857. The normalized spacial score (nSPS) is 27.1. The molecule has 3 nitrogen and oxygen atoms in total. The van der Waals surface area contributed by atoms with E-state index in [0.29, 0.717) is 5.92 Å². The second-order valence-electron chi connectivity index (χ2n) is 2.54. The molecule has 1 unspecified atom stereocenters. The Morgan fingerprint density at radius 1 is 1.70 bits per heavy atom. The monoisotopic (exact) mass is 142 g/mol. The Kier molecular flexibility index (Phi) is 3.22. The molecule has 3 heteroatoms. The lowest BCUT2D eigenvalue weighted by Crippen LogP contribution is -2.30. The molecule has 0 amide bonds. The summed E-state index contributed by atoms with van der Waals surface area (Å²) in [6.45, 7) is 2.20. The molecule has 1 aliphatic heterocycles. The summed E-state index contributed by atoms with van der Waals surface area (Å²) in [5.74, 6) is 0.577. The third-order valence-electron chi connectivity index (χ3n) is 1.71. The molecule has 10 heavy (non-hydrogen) atoms. The van der Waals surface area contributed by atoms with Crippen molar-refractivity contribution in [1.29, 1.82) is 0 Å². The van der Waals surface area contributed by atoms with Gasteiger partial charge in [0.2, 0.25) is 0 Å². The summed E-state index contributed by atoms with van der Waals surface area (Å²) < 4.78 is 0. The molecule has 0 aliphatic carbocycles. The van der Waals surface area contributed by atoms with E-state index in [4.69, 9.17) is 0 Å². The van der Waals surface area contributed by atoms with Crippen LogP contribution < -0.4 is 5.32 Å². The van der Waals surface area contributed by atoms with Crippen LogP contribution in [0.15, 0.2) is 5.16 Å². The zero-order valence-corrected chi connectivity index (χ0v) is 6.34. The fourth-order valence-corrected chi connectivity index (χ4v) is 1.15. The average molecular weight is 142 g/mol. The summed E-state index contributed by atoms with van der Waals surface area (Å²) in [5, 5.41) is 7.03. The Balaban J connectivity index is 2.19. The lowest BCUT2D eigenvalue weighted by molar-refractivity contribution is 0.212. The highest BCUT2D eigenvalue weighted by molar-refractivity contribution is 5.60. The van der Waals surface area contributed by atoms with Gasteiger partial charge in [-0.05, 0) is 19.4 Å². The van der Waals surface area contributed by atoms with Crippen LogP contribution in [0, 0.1) is 5.92 Å². The van der Waals surface area contributed by atoms with Gasteiger partial charge in [-0.1, -0.05) is 5.16 Å². The van der Waals surface area contributed by atoms with Crippen molar-refractivity contribution in [3.05, 3.63) is 0 Å². The molecule has 1 heterocycles. The quantitative estimate of drug-likeness (QED) is 0.453. The largest absolute Gasteiger partial charge is 0.399 e. The van der Waals surface area contributed by atoms with Crippen LogP contribution in [0.1, 0.15) is 12.8 Å². The molecule has 58 valence electrons. The van der Waals surface area contributed by atoms with E-state index < -0.39 is 0 Å². The molecule has 1 atom stereocenters. The molecule has 1 saturated heterocycles. The van der Waals surface area contributed by atoms with Gasteiger partial charge in [0, 0.05) is 18.7 Å². The third kappa shape index (κ3) is 2.35. The van der Waals surface area contributed by atoms with Crippen molar-refractivity contribution in [3.8, 4) is 0 Å². The number of nitrogens with zero attached hydrogens (tertiary/aromatic N) is 1. The zero-order chi connectivity index (χ0) is 7.23. The molecular weight excluding hydrogens is 128 g/mol. The van der Waals surface area contributed by atoms with Crippen molar-refractivity contribution >= 4 is 6.21 Å². The summed E-state index contributed by atoms with van der Waals surface area (Å²) in [4.78, 5) is 4.59. The minimum atomic E-state index is 0.577. The maximum absolute atomic E-state index is 4.59. The van der Waals surface area contributed by atoms with Crippen molar-refractivity contribution in [2.75, 3.05) is 20.2 Å². The van der Waals surface area contributed by atoms with Crippen LogP contribution in [-0.2, 0) is 4.84 Å². The predicted octanol–water partition coefficient (Wildman–Crippen LogP) is 0.618.